The predicted molar refractivity (Wildman–Crippen MR) is 111 cm³/mol. The van der Waals surface area contributed by atoms with Gasteiger partial charge >= 0.3 is 0 Å². The van der Waals surface area contributed by atoms with Crippen LogP contribution < -0.4 is 10.6 Å². The highest BCUT2D eigenvalue weighted by Gasteiger charge is 2.17. The second-order valence-corrected chi connectivity index (χ2v) is 7.95. The number of hydrogen-bond donors (Lipinski definition) is 2. The molecule has 0 aliphatic carbocycles. The fourth-order valence-electron chi connectivity index (χ4n) is 2.76. The molecule has 2 aromatic heterocycles. The van der Waals surface area contributed by atoms with Gasteiger partial charge in [0.15, 0.2) is 17.0 Å². The highest BCUT2D eigenvalue weighted by molar-refractivity contribution is 9.10. The van der Waals surface area contributed by atoms with Gasteiger partial charge in [-0.1, -0.05) is 28.1 Å². The molecule has 1 atom stereocenters. The van der Waals surface area contributed by atoms with E-state index in [9.17, 15) is 0 Å². The zero-order chi connectivity index (χ0) is 18.8. The van der Waals surface area contributed by atoms with Crippen LogP contribution in [0.2, 0.25) is 0 Å². The van der Waals surface area contributed by atoms with Crippen LogP contribution in [0.15, 0.2) is 35.1 Å². The molecule has 0 aliphatic heterocycles. The van der Waals surface area contributed by atoms with Crippen molar-refractivity contribution in [2.75, 3.05) is 10.6 Å². The third kappa shape index (κ3) is 3.98. The summed E-state index contributed by atoms with van der Waals surface area (Å²) in [6.07, 6.45) is 1.83. The number of aromatic nitrogens is 4. The van der Waals surface area contributed by atoms with Crippen molar-refractivity contribution < 1.29 is 0 Å². The fourth-order valence-corrected chi connectivity index (χ4v) is 3.02. The van der Waals surface area contributed by atoms with Gasteiger partial charge in [0, 0.05) is 16.6 Å². The van der Waals surface area contributed by atoms with Crippen molar-refractivity contribution in [3.8, 4) is 0 Å². The standard InChI is InChI=1S/C19H25BrN6/c1-11(2)22-19-24-17(16-18(25-19)26(10-21-16)12(3)4)23-13(5)14-6-8-15(20)9-7-14/h6-13H,1-5H3,(H2,22,23,24,25). The number of anilines is 2. The van der Waals surface area contributed by atoms with Crippen molar-refractivity contribution in [2.24, 2.45) is 0 Å². The Kier molecular flexibility index (Phi) is 5.46. The van der Waals surface area contributed by atoms with Gasteiger partial charge in [0.25, 0.3) is 0 Å². The SMILES string of the molecule is CC(C)Nc1nc(NC(C)c2ccc(Br)cc2)c2ncn(C(C)C)c2n1. The lowest BCUT2D eigenvalue weighted by atomic mass is 10.1. The minimum Gasteiger partial charge on any atom is -0.362 e. The molecule has 7 heteroatoms. The molecule has 0 aliphatic rings. The van der Waals surface area contributed by atoms with Crippen molar-refractivity contribution in [2.45, 2.75) is 52.7 Å². The fraction of sp³-hybridized carbons (Fsp3) is 0.421. The van der Waals surface area contributed by atoms with E-state index in [4.69, 9.17) is 0 Å². The zero-order valence-corrected chi connectivity index (χ0v) is 17.4. The quantitative estimate of drug-likeness (QED) is 0.580. The molecular formula is C19H25BrN6. The Balaban J connectivity index is 2.01. The summed E-state index contributed by atoms with van der Waals surface area (Å²) < 4.78 is 3.13. The molecule has 3 rings (SSSR count). The molecule has 0 saturated carbocycles. The summed E-state index contributed by atoms with van der Waals surface area (Å²) in [6, 6.07) is 8.90. The second kappa shape index (κ2) is 7.61. The Morgan fingerprint density at radius 2 is 1.65 bits per heavy atom. The first-order chi connectivity index (χ1) is 12.3. The monoisotopic (exact) mass is 416 g/mol. The summed E-state index contributed by atoms with van der Waals surface area (Å²) in [5.41, 5.74) is 2.81. The number of hydrogen-bond acceptors (Lipinski definition) is 5. The molecule has 26 heavy (non-hydrogen) atoms. The molecule has 0 amide bonds. The minimum atomic E-state index is 0.0947. The van der Waals surface area contributed by atoms with E-state index in [-0.39, 0.29) is 18.1 Å². The van der Waals surface area contributed by atoms with E-state index in [0.29, 0.717) is 5.95 Å². The van der Waals surface area contributed by atoms with Gasteiger partial charge in [-0.15, -0.1) is 0 Å². The number of imidazole rings is 1. The predicted octanol–water partition coefficient (Wildman–Crippen LogP) is 5.16. The van der Waals surface area contributed by atoms with Crippen LogP contribution in [-0.4, -0.2) is 25.6 Å². The summed E-state index contributed by atoms with van der Waals surface area (Å²) >= 11 is 3.48. The first-order valence-corrected chi connectivity index (χ1v) is 9.67. The average molecular weight is 417 g/mol. The average Bonchev–Trinajstić information content (AvgIpc) is 2.99. The first-order valence-electron chi connectivity index (χ1n) is 8.88. The Morgan fingerprint density at radius 3 is 2.27 bits per heavy atom. The van der Waals surface area contributed by atoms with Gasteiger partial charge in [-0.05, 0) is 52.3 Å². The molecule has 1 aromatic carbocycles. The highest BCUT2D eigenvalue weighted by Crippen LogP contribution is 2.27. The third-order valence-electron chi connectivity index (χ3n) is 4.12. The van der Waals surface area contributed by atoms with E-state index in [1.807, 2.05) is 18.5 Å². The van der Waals surface area contributed by atoms with Crippen LogP contribution in [0.25, 0.3) is 11.2 Å². The van der Waals surface area contributed by atoms with Gasteiger partial charge in [-0.25, -0.2) is 4.98 Å². The van der Waals surface area contributed by atoms with Crippen LogP contribution >= 0.6 is 15.9 Å². The van der Waals surface area contributed by atoms with Gasteiger partial charge in [-0.3, -0.25) is 0 Å². The lowest BCUT2D eigenvalue weighted by Crippen LogP contribution is -2.15. The van der Waals surface area contributed by atoms with Crippen LogP contribution in [-0.2, 0) is 0 Å². The Bertz CT molecular complexity index is 885. The molecule has 0 bridgehead atoms. The largest absolute Gasteiger partial charge is 0.362 e. The van der Waals surface area contributed by atoms with Crippen LogP contribution in [0, 0.1) is 0 Å². The lowest BCUT2D eigenvalue weighted by Gasteiger charge is -2.17. The van der Waals surface area contributed by atoms with Crippen molar-refractivity contribution in [3.63, 3.8) is 0 Å². The van der Waals surface area contributed by atoms with Crippen molar-refractivity contribution >= 4 is 38.9 Å². The molecule has 0 radical (unpaired) electrons. The zero-order valence-electron chi connectivity index (χ0n) is 15.8. The molecule has 6 nitrogen and oxygen atoms in total. The molecule has 0 spiro atoms. The van der Waals surface area contributed by atoms with Crippen LogP contribution in [0.1, 0.15) is 52.3 Å². The van der Waals surface area contributed by atoms with Crippen LogP contribution in [0.3, 0.4) is 0 Å². The topological polar surface area (TPSA) is 67.7 Å². The Morgan fingerprint density at radius 1 is 0.962 bits per heavy atom. The molecule has 0 saturated heterocycles. The van der Waals surface area contributed by atoms with Crippen molar-refractivity contribution in [1.82, 2.24) is 19.5 Å². The summed E-state index contributed by atoms with van der Waals surface area (Å²) in [4.78, 5) is 13.9. The third-order valence-corrected chi connectivity index (χ3v) is 4.65. The number of nitrogens with one attached hydrogen (secondary N) is 2. The lowest BCUT2D eigenvalue weighted by molar-refractivity contribution is 0.612. The maximum atomic E-state index is 4.68. The summed E-state index contributed by atoms with van der Waals surface area (Å²) in [5.74, 6) is 1.35. The van der Waals surface area contributed by atoms with Crippen molar-refractivity contribution in [1.29, 1.82) is 0 Å². The van der Waals surface area contributed by atoms with Gasteiger partial charge in [0.05, 0.1) is 12.4 Å². The van der Waals surface area contributed by atoms with E-state index in [2.05, 4.69) is 92.8 Å². The Hall–Kier alpha value is -2.15. The maximum absolute atomic E-state index is 4.68. The number of rotatable bonds is 6. The van der Waals surface area contributed by atoms with E-state index in [1.54, 1.807) is 0 Å². The molecular weight excluding hydrogens is 392 g/mol. The van der Waals surface area contributed by atoms with E-state index >= 15 is 0 Å². The maximum Gasteiger partial charge on any atom is 0.226 e. The highest BCUT2D eigenvalue weighted by atomic mass is 79.9. The second-order valence-electron chi connectivity index (χ2n) is 7.03. The Labute approximate surface area is 162 Å². The van der Waals surface area contributed by atoms with Gasteiger partial charge in [0.2, 0.25) is 5.95 Å². The van der Waals surface area contributed by atoms with Crippen LogP contribution in [0.5, 0.6) is 0 Å². The van der Waals surface area contributed by atoms with Crippen molar-refractivity contribution in [3.05, 3.63) is 40.6 Å². The summed E-state index contributed by atoms with van der Waals surface area (Å²) in [6.45, 7) is 10.5. The molecule has 0 fully saturated rings. The molecule has 138 valence electrons. The number of halogens is 1. The number of nitrogens with zero attached hydrogens (tertiary/aromatic N) is 4. The molecule has 2 heterocycles. The van der Waals surface area contributed by atoms with E-state index in [0.717, 1.165) is 21.5 Å². The van der Waals surface area contributed by atoms with E-state index in [1.165, 1.54) is 5.56 Å². The minimum absolute atomic E-state index is 0.0947. The van der Waals surface area contributed by atoms with Crippen LogP contribution in [0.4, 0.5) is 11.8 Å². The van der Waals surface area contributed by atoms with Gasteiger partial charge in [0.1, 0.15) is 0 Å². The van der Waals surface area contributed by atoms with Gasteiger partial charge in [-0.2, -0.15) is 9.97 Å². The smallest absolute Gasteiger partial charge is 0.226 e. The first kappa shape index (κ1) is 18.6. The number of benzene rings is 1. The molecule has 2 N–H and O–H groups in total. The van der Waals surface area contributed by atoms with Gasteiger partial charge < -0.3 is 15.2 Å². The summed E-state index contributed by atoms with van der Waals surface area (Å²) in [7, 11) is 0. The summed E-state index contributed by atoms with van der Waals surface area (Å²) in [5, 5.41) is 6.81. The van der Waals surface area contributed by atoms with E-state index < -0.39 is 0 Å². The molecule has 1 unspecified atom stereocenters. The number of fused-ring (bicyclic) bond motifs is 1. The normalized spacial score (nSPS) is 12.8. The molecule has 3 aromatic rings.